The molecule has 2 aliphatic rings. The topological polar surface area (TPSA) is 88.6 Å². The molecule has 8 heteroatoms. The van der Waals surface area contributed by atoms with Crippen LogP contribution in [0.1, 0.15) is 31.2 Å². The van der Waals surface area contributed by atoms with Crippen molar-refractivity contribution in [1.82, 2.24) is 15.2 Å². The highest BCUT2D eigenvalue weighted by Gasteiger charge is 2.28. The summed E-state index contributed by atoms with van der Waals surface area (Å²) in [4.78, 5) is 18.3. The summed E-state index contributed by atoms with van der Waals surface area (Å²) in [5, 5.41) is 2.98. The third kappa shape index (κ3) is 5.40. The maximum atomic E-state index is 12.4. The van der Waals surface area contributed by atoms with Crippen molar-refractivity contribution >= 4 is 15.9 Å². The van der Waals surface area contributed by atoms with Crippen molar-refractivity contribution in [2.75, 3.05) is 24.6 Å². The number of carbonyl (C=O) groups excluding carboxylic acids is 1. The number of rotatable bonds is 4. The minimum absolute atomic E-state index is 0.0199. The summed E-state index contributed by atoms with van der Waals surface area (Å²) in [5.41, 5.74) is 1.02. The van der Waals surface area contributed by atoms with E-state index in [1.807, 2.05) is 12.1 Å². The molecular formula is C17H25N3O4S. The van der Waals surface area contributed by atoms with Gasteiger partial charge in [-0.15, -0.1) is 0 Å². The van der Waals surface area contributed by atoms with Crippen LogP contribution in [0.2, 0.25) is 0 Å². The third-order valence-electron chi connectivity index (χ3n) is 4.76. The van der Waals surface area contributed by atoms with Crippen LogP contribution >= 0.6 is 0 Å². The van der Waals surface area contributed by atoms with Crippen LogP contribution < -0.4 is 5.32 Å². The molecule has 2 amide bonds. The molecule has 1 aromatic heterocycles. The fraction of sp³-hybridized carbons (Fsp3) is 0.647. The Morgan fingerprint density at radius 2 is 2.12 bits per heavy atom. The minimum atomic E-state index is -2.91. The zero-order valence-electron chi connectivity index (χ0n) is 14.3. The zero-order valence-corrected chi connectivity index (χ0v) is 15.1. The van der Waals surface area contributed by atoms with E-state index in [4.69, 9.17) is 4.74 Å². The molecule has 25 heavy (non-hydrogen) atoms. The lowest BCUT2D eigenvalue weighted by molar-refractivity contribution is -0.000715. The van der Waals surface area contributed by atoms with Gasteiger partial charge in [-0.3, -0.25) is 4.98 Å². The molecule has 2 fully saturated rings. The van der Waals surface area contributed by atoms with Crippen molar-refractivity contribution in [3.63, 3.8) is 0 Å². The number of pyridine rings is 1. The van der Waals surface area contributed by atoms with Gasteiger partial charge in [0.15, 0.2) is 0 Å². The molecule has 0 saturated carbocycles. The average molecular weight is 367 g/mol. The average Bonchev–Trinajstić information content (AvgIpc) is 2.63. The van der Waals surface area contributed by atoms with Gasteiger partial charge in [0.1, 0.15) is 9.84 Å². The van der Waals surface area contributed by atoms with E-state index in [0.29, 0.717) is 32.5 Å². The summed E-state index contributed by atoms with van der Waals surface area (Å²) in [6, 6.07) is 3.69. The van der Waals surface area contributed by atoms with Gasteiger partial charge in [0.05, 0.1) is 24.2 Å². The van der Waals surface area contributed by atoms with E-state index in [9.17, 15) is 13.2 Å². The molecule has 2 saturated heterocycles. The smallest absolute Gasteiger partial charge is 0.317 e. The first kappa shape index (κ1) is 18.1. The number of amides is 2. The number of ether oxygens (including phenoxy) is 1. The maximum Gasteiger partial charge on any atom is 0.317 e. The molecule has 1 aromatic rings. The van der Waals surface area contributed by atoms with E-state index in [1.165, 1.54) is 0 Å². The molecular weight excluding hydrogens is 342 g/mol. The minimum Gasteiger partial charge on any atom is -0.372 e. The molecule has 0 bridgehead atoms. The van der Waals surface area contributed by atoms with Crippen molar-refractivity contribution in [3.05, 3.63) is 30.1 Å². The van der Waals surface area contributed by atoms with E-state index in [0.717, 1.165) is 18.4 Å². The van der Waals surface area contributed by atoms with E-state index >= 15 is 0 Å². The molecule has 0 aliphatic carbocycles. The van der Waals surface area contributed by atoms with Crippen LogP contribution in [0.15, 0.2) is 24.5 Å². The van der Waals surface area contributed by atoms with Crippen LogP contribution in [-0.4, -0.2) is 61.1 Å². The second-order valence-corrected chi connectivity index (χ2v) is 9.06. The Hall–Kier alpha value is -1.67. The summed E-state index contributed by atoms with van der Waals surface area (Å²) < 4.78 is 28.9. The number of hydrogen-bond donors (Lipinski definition) is 1. The Bertz CT molecular complexity index is 666. The second kappa shape index (κ2) is 8.14. The molecule has 3 heterocycles. The van der Waals surface area contributed by atoms with Gasteiger partial charge in [-0.05, 0) is 37.3 Å². The third-order valence-corrected chi connectivity index (χ3v) is 6.47. The number of carbonyl (C=O) groups is 1. The molecule has 0 aromatic carbocycles. The summed E-state index contributed by atoms with van der Waals surface area (Å²) in [6.45, 7) is 1.77. The monoisotopic (exact) mass is 367 g/mol. The highest BCUT2D eigenvalue weighted by molar-refractivity contribution is 7.91. The zero-order chi connectivity index (χ0) is 17.7. The first-order chi connectivity index (χ1) is 12.0. The number of nitrogens with one attached hydrogen (secondary N) is 1. The lowest BCUT2D eigenvalue weighted by Crippen LogP contribution is -2.51. The van der Waals surface area contributed by atoms with Gasteiger partial charge in [0.2, 0.25) is 0 Å². The van der Waals surface area contributed by atoms with E-state index in [2.05, 4.69) is 10.3 Å². The highest BCUT2D eigenvalue weighted by Crippen LogP contribution is 2.17. The van der Waals surface area contributed by atoms with E-state index < -0.39 is 9.84 Å². The predicted octanol–water partition coefficient (Wildman–Crippen LogP) is 1.35. The molecule has 138 valence electrons. The standard InChI is InChI=1S/C17H25N3O4S/c21-17(19-15-5-9-25(22,23)10-6-15)20-8-2-4-16(12-20)24-13-14-3-1-7-18-11-14/h1,3,7,11,15-16H,2,4-6,8-10,12-13H2,(H,19,21)/t16-/m0/s1. The maximum absolute atomic E-state index is 12.4. The summed E-state index contributed by atoms with van der Waals surface area (Å²) in [5.74, 6) is 0.323. The van der Waals surface area contributed by atoms with Crippen molar-refractivity contribution < 1.29 is 17.9 Å². The molecule has 1 N–H and O–H groups in total. The Balaban J connectivity index is 1.45. The van der Waals surface area contributed by atoms with Gasteiger partial charge in [-0.2, -0.15) is 0 Å². The number of likely N-dealkylation sites (tertiary alicyclic amines) is 1. The molecule has 0 spiro atoms. The first-order valence-corrected chi connectivity index (χ1v) is 10.6. The lowest BCUT2D eigenvalue weighted by Gasteiger charge is -2.34. The Morgan fingerprint density at radius 3 is 2.84 bits per heavy atom. The van der Waals surface area contributed by atoms with Gasteiger partial charge in [-0.1, -0.05) is 6.07 Å². The van der Waals surface area contributed by atoms with Crippen LogP contribution in [0.5, 0.6) is 0 Å². The molecule has 0 unspecified atom stereocenters. The first-order valence-electron chi connectivity index (χ1n) is 8.78. The number of urea groups is 1. The van der Waals surface area contributed by atoms with Gasteiger partial charge in [-0.25, -0.2) is 13.2 Å². The number of piperidine rings is 1. The fourth-order valence-corrected chi connectivity index (χ4v) is 4.75. The highest BCUT2D eigenvalue weighted by atomic mass is 32.2. The van der Waals surface area contributed by atoms with Crippen molar-refractivity contribution in [3.8, 4) is 0 Å². The molecule has 3 rings (SSSR count). The van der Waals surface area contributed by atoms with Crippen molar-refractivity contribution in [2.24, 2.45) is 0 Å². The number of nitrogens with zero attached hydrogens (tertiary/aromatic N) is 2. The largest absolute Gasteiger partial charge is 0.372 e. The SMILES string of the molecule is O=C(NC1CCS(=O)(=O)CC1)N1CCC[C@H](OCc2cccnc2)C1. The van der Waals surface area contributed by atoms with Crippen molar-refractivity contribution in [2.45, 2.75) is 44.4 Å². The predicted molar refractivity (Wildman–Crippen MR) is 93.8 cm³/mol. The number of sulfone groups is 1. The Labute approximate surface area is 148 Å². The van der Waals surface area contributed by atoms with Crippen LogP contribution in [0.4, 0.5) is 4.79 Å². The Morgan fingerprint density at radius 1 is 1.32 bits per heavy atom. The molecule has 7 nitrogen and oxygen atoms in total. The van der Waals surface area contributed by atoms with E-state index in [-0.39, 0.29) is 29.7 Å². The van der Waals surface area contributed by atoms with Gasteiger partial charge in [0.25, 0.3) is 0 Å². The summed E-state index contributed by atoms with van der Waals surface area (Å²) in [7, 11) is -2.91. The van der Waals surface area contributed by atoms with Gasteiger partial charge in [0, 0.05) is 31.5 Å². The summed E-state index contributed by atoms with van der Waals surface area (Å²) >= 11 is 0. The van der Waals surface area contributed by atoms with Crippen LogP contribution in [0.3, 0.4) is 0 Å². The van der Waals surface area contributed by atoms with Crippen molar-refractivity contribution in [1.29, 1.82) is 0 Å². The second-order valence-electron chi connectivity index (χ2n) is 6.76. The normalized spacial score (nSPS) is 24.0. The number of hydrogen-bond acceptors (Lipinski definition) is 5. The fourth-order valence-electron chi connectivity index (χ4n) is 3.26. The van der Waals surface area contributed by atoms with Crippen LogP contribution in [0.25, 0.3) is 0 Å². The van der Waals surface area contributed by atoms with E-state index in [1.54, 1.807) is 17.3 Å². The Kier molecular flexibility index (Phi) is 5.90. The van der Waals surface area contributed by atoms with Crippen LogP contribution in [0, 0.1) is 0 Å². The molecule has 2 aliphatic heterocycles. The van der Waals surface area contributed by atoms with Crippen LogP contribution in [-0.2, 0) is 21.2 Å². The lowest BCUT2D eigenvalue weighted by atomic mass is 10.1. The molecule has 0 radical (unpaired) electrons. The quantitative estimate of drug-likeness (QED) is 0.868. The summed E-state index contributed by atoms with van der Waals surface area (Å²) in [6.07, 6.45) is 6.38. The number of aromatic nitrogens is 1. The van der Waals surface area contributed by atoms with Gasteiger partial charge >= 0.3 is 6.03 Å². The molecule has 1 atom stereocenters. The van der Waals surface area contributed by atoms with Gasteiger partial charge < -0.3 is 15.0 Å².